The van der Waals surface area contributed by atoms with Crippen LogP contribution in [0, 0.1) is 6.92 Å². The Labute approximate surface area is 164 Å². The lowest BCUT2D eigenvalue weighted by molar-refractivity contribution is 0.0843. The van der Waals surface area contributed by atoms with Gasteiger partial charge in [-0.3, -0.25) is 5.32 Å². The number of benzene rings is 2. The van der Waals surface area contributed by atoms with Gasteiger partial charge in [-0.1, -0.05) is 36.4 Å². The predicted molar refractivity (Wildman–Crippen MR) is 107 cm³/mol. The summed E-state index contributed by atoms with van der Waals surface area (Å²) in [7, 11) is 0. The van der Waals surface area contributed by atoms with E-state index >= 15 is 0 Å². The van der Waals surface area contributed by atoms with Crippen LogP contribution in [0.15, 0.2) is 60.7 Å². The van der Waals surface area contributed by atoms with E-state index in [-0.39, 0.29) is 0 Å². The zero-order chi connectivity index (χ0) is 19.3. The molecule has 28 heavy (non-hydrogen) atoms. The number of nitrogens with zero attached hydrogens (tertiary/aromatic N) is 2. The molecule has 1 aliphatic heterocycles. The molecule has 2 heterocycles. The third-order valence-electron chi connectivity index (χ3n) is 4.94. The van der Waals surface area contributed by atoms with Crippen LogP contribution >= 0.6 is 0 Å². The number of hydrogen-bond donors (Lipinski definition) is 1. The van der Waals surface area contributed by atoms with Crippen LogP contribution in [0.25, 0.3) is 5.69 Å². The van der Waals surface area contributed by atoms with Crippen LogP contribution in [0.5, 0.6) is 5.75 Å². The van der Waals surface area contributed by atoms with Crippen LogP contribution in [0.2, 0.25) is 0 Å². The Bertz CT molecular complexity index is 932. The lowest BCUT2D eigenvalue weighted by Crippen LogP contribution is -2.19. The molecule has 0 aliphatic carbocycles. The van der Waals surface area contributed by atoms with Crippen LogP contribution < -0.4 is 10.1 Å². The summed E-state index contributed by atoms with van der Waals surface area (Å²) in [6.07, 6.45) is 1.33. The number of aromatic nitrogens is 2. The van der Waals surface area contributed by atoms with Gasteiger partial charge in [0.25, 0.3) is 0 Å². The number of hydrogen-bond acceptors (Lipinski definition) is 4. The van der Waals surface area contributed by atoms with Gasteiger partial charge in [-0.15, -0.1) is 0 Å². The summed E-state index contributed by atoms with van der Waals surface area (Å²) in [6, 6.07) is 18.8. The number of amides is 1. The first kappa shape index (κ1) is 18.3. The van der Waals surface area contributed by atoms with Gasteiger partial charge in [0.2, 0.25) is 0 Å². The van der Waals surface area contributed by atoms with E-state index in [0.717, 1.165) is 43.0 Å². The molecule has 0 saturated carbocycles. The molecule has 144 valence electrons. The second-order valence-electron chi connectivity index (χ2n) is 6.82. The summed E-state index contributed by atoms with van der Waals surface area (Å²) in [5, 5.41) is 7.75. The normalized spacial score (nSPS) is 14.6. The predicted octanol–water partition coefficient (Wildman–Crippen LogP) is 4.69. The number of ether oxygens (including phenoxy) is 2. The lowest BCUT2D eigenvalue weighted by Gasteiger charge is -2.20. The summed E-state index contributed by atoms with van der Waals surface area (Å²) >= 11 is 0. The Morgan fingerprint density at radius 3 is 2.39 bits per heavy atom. The van der Waals surface area contributed by atoms with Crippen molar-refractivity contribution >= 4 is 11.9 Å². The van der Waals surface area contributed by atoms with Gasteiger partial charge in [0.1, 0.15) is 11.6 Å². The molecule has 6 heteroatoms. The largest absolute Gasteiger partial charge is 0.418 e. The maximum Gasteiger partial charge on any atom is 0.418 e. The Morgan fingerprint density at radius 2 is 1.71 bits per heavy atom. The molecule has 1 aliphatic rings. The van der Waals surface area contributed by atoms with Crippen molar-refractivity contribution in [2.45, 2.75) is 25.7 Å². The van der Waals surface area contributed by atoms with Crippen molar-refractivity contribution in [1.29, 1.82) is 0 Å². The first-order valence-corrected chi connectivity index (χ1v) is 9.49. The fraction of sp³-hybridized carbons (Fsp3) is 0.273. The van der Waals surface area contributed by atoms with Gasteiger partial charge >= 0.3 is 6.09 Å². The molecule has 0 atom stereocenters. The molecule has 0 bridgehead atoms. The van der Waals surface area contributed by atoms with Gasteiger partial charge in [-0.25, -0.2) is 9.48 Å². The SMILES string of the molecule is Cc1c(C2CCOCC2)nn(-c2ccccc2)c1NC(=O)Oc1ccccc1. The van der Waals surface area contributed by atoms with E-state index in [1.807, 2.05) is 55.5 Å². The van der Waals surface area contributed by atoms with Crippen molar-refractivity contribution in [3.05, 3.63) is 71.9 Å². The second-order valence-corrected chi connectivity index (χ2v) is 6.82. The highest BCUT2D eigenvalue weighted by Crippen LogP contribution is 2.33. The number of para-hydroxylation sites is 2. The molecule has 4 rings (SSSR count). The first-order valence-electron chi connectivity index (χ1n) is 9.49. The minimum Gasteiger partial charge on any atom is -0.410 e. The molecule has 2 aromatic carbocycles. The zero-order valence-corrected chi connectivity index (χ0v) is 15.8. The van der Waals surface area contributed by atoms with Gasteiger partial charge in [0.15, 0.2) is 0 Å². The van der Waals surface area contributed by atoms with Crippen molar-refractivity contribution in [2.24, 2.45) is 0 Å². The van der Waals surface area contributed by atoms with Crippen LogP contribution in [0.4, 0.5) is 10.6 Å². The smallest absolute Gasteiger partial charge is 0.410 e. The topological polar surface area (TPSA) is 65.4 Å². The molecule has 6 nitrogen and oxygen atoms in total. The highest BCUT2D eigenvalue weighted by atomic mass is 16.6. The number of nitrogens with one attached hydrogen (secondary N) is 1. The monoisotopic (exact) mass is 377 g/mol. The minimum absolute atomic E-state index is 0.324. The second kappa shape index (κ2) is 8.27. The number of carbonyl (C=O) groups is 1. The van der Waals surface area contributed by atoms with Crippen LogP contribution in [0.3, 0.4) is 0 Å². The zero-order valence-electron chi connectivity index (χ0n) is 15.8. The Morgan fingerprint density at radius 1 is 1.07 bits per heavy atom. The van der Waals surface area contributed by atoms with Crippen molar-refractivity contribution in [1.82, 2.24) is 9.78 Å². The Balaban J connectivity index is 1.65. The van der Waals surface area contributed by atoms with Crippen molar-refractivity contribution in [3.63, 3.8) is 0 Å². The maximum absolute atomic E-state index is 12.5. The molecule has 0 unspecified atom stereocenters. The molecule has 1 amide bonds. The van der Waals surface area contributed by atoms with Gasteiger partial charge in [-0.05, 0) is 44.0 Å². The van der Waals surface area contributed by atoms with E-state index in [1.165, 1.54) is 0 Å². The average Bonchev–Trinajstić information content (AvgIpc) is 3.06. The van der Waals surface area contributed by atoms with Crippen molar-refractivity contribution in [2.75, 3.05) is 18.5 Å². The summed E-state index contributed by atoms with van der Waals surface area (Å²) in [4.78, 5) is 12.5. The Kier molecular flexibility index (Phi) is 5.39. The molecule has 1 saturated heterocycles. The van der Waals surface area contributed by atoms with Crippen molar-refractivity contribution < 1.29 is 14.3 Å². The van der Waals surface area contributed by atoms with Gasteiger partial charge in [0, 0.05) is 24.7 Å². The van der Waals surface area contributed by atoms with Gasteiger partial charge in [-0.2, -0.15) is 5.10 Å². The van der Waals surface area contributed by atoms with Crippen molar-refractivity contribution in [3.8, 4) is 11.4 Å². The van der Waals surface area contributed by atoms with E-state index in [2.05, 4.69) is 5.32 Å². The summed E-state index contributed by atoms with van der Waals surface area (Å²) in [5.74, 6) is 1.45. The number of anilines is 1. The van der Waals surface area contributed by atoms with E-state index < -0.39 is 6.09 Å². The summed E-state index contributed by atoms with van der Waals surface area (Å²) in [6.45, 7) is 3.47. The third kappa shape index (κ3) is 3.92. The fourth-order valence-electron chi connectivity index (χ4n) is 3.49. The molecule has 3 aromatic rings. The van der Waals surface area contributed by atoms with Crippen LogP contribution in [0.1, 0.15) is 30.0 Å². The van der Waals surface area contributed by atoms with Gasteiger partial charge in [0.05, 0.1) is 11.4 Å². The highest BCUT2D eigenvalue weighted by molar-refractivity contribution is 5.86. The third-order valence-corrected chi connectivity index (χ3v) is 4.94. The average molecular weight is 377 g/mol. The molecule has 0 radical (unpaired) electrons. The number of carbonyl (C=O) groups excluding carboxylic acids is 1. The minimum atomic E-state index is -0.537. The molecule has 1 aromatic heterocycles. The number of rotatable bonds is 4. The first-order chi connectivity index (χ1) is 13.7. The molecule has 0 spiro atoms. The summed E-state index contributed by atoms with van der Waals surface area (Å²) < 4.78 is 12.7. The van der Waals surface area contributed by atoms with E-state index in [9.17, 15) is 4.79 Å². The lowest BCUT2D eigenvalue weighted by atomic mass is 9.94. The van der Waals surface area contributed by atoms with E-state index in [0.29, 0.717) is 17.5 Å². The highest BCUT2D eigenvalue weighted by Gasteiger charge is 2.25. The quantitative estimate of drug-likeness (QED) is 0.717. The Hall–Kier alpha value is -3.12. The standard InChI is InChI=1S/C22H23N3O3/c1-16-20(17-12-14-27-15-13-17)24-25(18-8-4-2-5-9-18)21(16)23-22(26)28-19-10-6-3-7-11-19/h2-11,17H,12-15H2,1H3,(H,23,26). The maximum atomic E-state index is 12.5. The molecular formula is C22H23N3O3. The van der Waals surface area contributed by atoms with Crippen LogP contribution in [-0.4, -0.2) is 29.1 Å². The summed E-state index contributed by atoms with van der Waals surface area (Å²) in [5.41, 5.74) is 2.85. The van der Waals surface area contributed by atoms with Gasteiger partial charge < -0.3 is 9.47 Å². The van der Waals surface area contributed by atoms with Crippen LogP contribution in [-0.2, 0) is 4.74 Å². The van der Waals surface area contributed by atoms with E-state index in [1.54, 1.807) is 16.8 Å². The molecule has 1 fully saturated rings. The molecule has 1 N–H and O–H groups in total. The van der Waals surface area contributed by atoms with E-state index in [4.69, 9.17) is 14.6 Å². The molecular weight excluding hydrogens is 354 g/mol. The fourth-order valence-corrected chi connectivity index (χ4v) is 3.49.